The van der Waals surface area contributed by atoms with Gasteiger partial charge in [-0.25, -0.2) is 0 Å². The van der Waals surface area contributed by atoms with E-state index in [9.17, 15) is 14.4 Å². The fourth-order valence-electron chi connectivity index (χ4n) is 3.93. The number of amides is 3. The number of fused-ring (bicyclic) bond motifs is 1. The van der Waals surface area contributed by atoms with E-state index in [0.717, 1.165) is 51.6 Å². The molecule has 3 amide bonds. The predicted molar refractivity (Wildman–Crippen MR) is 75.7 cm³/mol. The van der Waals surface area contributed by atoms with Crippen LogP contribution in [-0.2, 0) is 14.4 Å². The topological polar surface area (TPSA) is 83.7 Å². The van der Waals surface area contributed by atoms with Crippen LogP contribution in [0.5, 0.6) is 0 Å². The summed E-state index contributed by atoms with van der Waals surface area (Å²) in [7, 11) is 0. The first kappa shape index (κ1) is 14.5. The maximum atomic E-state index is 12.4. The molecule has 0 unspecified atom stereocenters. The number of nitrogens with zero attached hydrogens (tertiary/aromatic N) is 2. The van der Waals surface area contributed by atoms with Crippen molar-refractivity contribution in [1.29, 1.82) is 0 Å². The summed E-state index contributed by atoms with van der Waals surface area (Å²) in [6.07, 6.45) is 5.26. The second kappa shape index (κ2) is 5.75. The van der Waals surface area contributed by atoms with Crippen LogP contribution in [0.2, 0.25) is 0 Å². The second-order valence-corrected chi connectivity index (χ2v) is 6.54. The molecule has 1 aliphatic carbocycles. The number of carbonyl (C=O) groups excluding carboxylic acids is 3. The molecule has 6 nitrogen and oxygen atoms in total. The molecule has 0 radical (unpaired) electrons. The summed E-state index contributed by atoms with van der Waals surface area (Å²) in [5, 5.41) is 0. The molecule has 2 aliphatic heterocycles. The monoisotopic (exact) mass is 293 g/mol. The third kappa shape index (κ3) is 2.69. The minimum Gasteiger partial charge on any atom is -0.369 e. The van der Waals surface area contributed by atoms with Gasteiger partial charge < -0.3 is 5.73 Å². The number of carbonyl (C=O) groups is 3. The van der Waals surface area contributed by atoms with Gasteiger partial charge in [0.25, 0.3) is 0 Å². The lowest BCUT2D eigenvalue weighted by atomic mass is 9.81. The van der Waals surface area contributed by atoms with Crippen LogP contribution in [0.1, 0.15) is 38.5 Å². The van der Waals surface area contributed by atoms with E-state index in [-0.39, 0.29) is 35.5 Å². The Balaban J connectivity index is 1.59. The maximum absolute atomic E-state index is 12.4. The highest BCUT2D eigenvalue weighted by molar-refractivity contribution is 6.05. The Kier molecular flexibility index (Phi) is 3.97. The SMILES string of the molecule is NC(=O)C1CCN(CN2C(=O)[C@H]3CCCC[C@H]3C2=O)CC1. The van der Waals surface area contributed by atoms with Gasteiger partial charge in [0.15, 0.2) is 0 Å². The summed E-state index contributed by atoms with van der Waals surface area (Å²) in [6, 6.07) is 0. The van der Waals surface area contributed by atoms with Gasteiger partial charge in [-0.3, -0.25) is 24.2 Å². The molecule has 6 heteroatoms. The van der Waals surface area contributed by atoms with Gasteiger partial charge in [0.2, 0.25) is 17.7 Å². The van der Waals surface area contributed by atoms with Crippen molar-refractivity contribution in [2.24, 2.45) is 23.5 Å². The normalized spacial score (nSPS) is 31.5. The summed E-state index contributed by atoms with van der Waals surface area (Å²) in [4.78, 5) is 39.5. The third-order valence-corrected chi connectivity index (χ3v) is 5.26. The van der Waals surface area contributed by atoms with Gasteiger partial charge >= 0.3 is 0 Å². The largest absolute Gasteiger partial charge is 0.369 e. The van der Waals surface area contributed by atoms with Gasteiger partial charge in [-0.1, -0.05) is 12.8 Å². The average Bonchev–Trinajstić information content (AvgIpc) is 2.73. The lowest BCUT2D eigenvalue weighted by molar-refractivity contribution is -0.143. The zero-order chi connectivity index (χ0) is 15.0. The van der Waals surface area contributed by atoms with Gasteiger partial charge in [-0.15, -0.1) is 0 Å². The molecular weight excluding hydrogens is 270 g/mol. The van der Waals surface area contributed by atoms with Gasteiger partial charge in [0, 0.05) is 19.0 Å². The molecule has 0 aromatic heterocycles. The van der Waals surface area contributed by atoms with E-state index in [1.807, 2.05) is 0 Å². The first-order chi connectivity index (χ1) is 10.1. The summed E-state index contributed by atoms with van der Waals surface area (Å²) in [5.41, 5.74) is 5.32. The molecule has 116 valence electrons. The molecule has 21 heavy (non-hydrogen) atoms. The van der Waals surface area contributed by atoms with Crippen LogP contribution in [0.15, 0.2) is 0 Å². The van der Waals surface area contributed by atoms with Crippen LogP contribution in [0.25, 0.3) is 0 Å². The Morgan fingerprint density at radius 3 is 2.00 bits per heavy atom. The van der Waals surface area contributed by atoms with Crippen LogP contribution in [0.3, 0.4) is 0 Å². The number of likely N-dealkylation sites (tertiary alicyclic amines) is 2. The van der Waals surface area contributed by atoms with E-state index in [4.69, 9.17) is 5.73 Å². The van der Waals surface area contributed by atoms with Crippen molar-refractivity contribution in [1.82, 2.24) is 9.80 Å². The lowest BCUT2D eigenvalue weighted by Crippen LogP contribution is -2.46. The predicted octanol–water partition coefficient (Wildman–Crippen LogP) is 0.316. The van der Waals surface area contributed by atoms with Crippen LogP contribution in [-0.4, -0.2) is 47.3 Å². The highest BCUT2D eigenvalue weighted by Crippen LogP contribution is 2.38. The van der Waals surface area contributed by atoms with Crippen LogP contribution in [0.4, 0.5) is 0 Å². The molecule has 1 saturated carbocycles. The number of hydrogen-bond acceptors (Lipinski definition) is 4. The number of nitrogens with two attached hydrogens (primary N) is 1. The fourth-order valence-corrected chi connectivity index (χ4v) is 3.93. The van der Waals surface area contributed by atoms with Crippen LogP contribution in [0, 0.1) is 17.8 Å². The first-order valence-corrected chi connectivity index (χ1v) is 7.95. The van der Waals surface area contributed by atoms with Crippen molar-refractivity contribution in [3.8, 4) is 0 Å². The van der Waals surface area contributed by atoms with Gasteiger partial charge in [0.1, 0.15) is 0 Å². The number of rotatable bonds is 3. The number of imide groups is 1. The fraction of sp³-hybridized carbons (Fsp3) is 0.800. The minimum absolute atomic E-state index is 0.0155. The van der Waals surface area contributed by atoms with Gasteiger partial charge in [-0.05, 0) is 25.7 Å². The van der Waals surface area contributed by atoms with Crippen molar-refractivity contribution in [2.75, 3.05) is 19.8 Å². The zero-order valence-electron chi connectivity index (χ0n) is 12.3. The highest BCUT2D eigenvalue weighted by Gasteiger charge is 2.48. The van der Waals surface area contributed by atoms with E-state index in [2.05, 4.69) is 4.90 Å². The van der Waals surface area contributed by atoms with Crippen molar-refractivity contribution in [3.63, 3.8) is 0 Å². The molecule has 0 spiro atoms. The Morgan fingerprint density at radius 2 is 1.52 bits per heavy atom. The maximum Gasteiger partial charge on any atom is 0.234 e. The Labute approximate surface area is 124 Å². The standard InChI is InChI=1S/C15H23N3O3/c16-13(19)10-5-7-17(8-6-10)9-18-14(20)11-3-1-2-4-12(11)15(18)21/h10-12H,1-9H2,(H2,16,19)/t11-,12+. The number of piperidine rings is 1. The summed E-state index contributed by atoms with van der Waals surface area (Å²) in [6.45, 7) is 1.83. The van der Waals surface area contributed by atoms with Crippen molar-refractivity contribution in [3.05, 3.63) is 0 Å². The zero-order valence-corrected chi connectivity index (χ0v) is 12.3. The van der Waals surface area contributed by atoms with E-state index in [1.165, 1.54) is 4.90 Å². The van der Waals surface area contributed by atoms with Crippen molar-refractivity contribution in [2.45, 2.75) is 38.5 Å². The van der Waals surface area contributed by atoms with Crippen molar-refractivity contribution >= 4 is 17.7 Å². The number of primary amides is 1. The van der Waals surface area contributed by atoms with Crippen LogP contribution < -0.4 is 5.73 Å². The summed E-state index contributed by atoms with van der Waals surface area (Å²) in [5.74, 6) is -0.421. The van der Waals surface area contributed by atoms with Gasteiger partial charge in [0.05, 0.1) is 18.5 Å². The Hall–Kier alpha value is -1.43. The van der Waals surface area contributed by atoms with E-state index >= 15 is 0 Å². The molecule has 3 aliphatic rings. The minimum atomic E-state index is -0.242. The molecular formula is C15H23N3O3. The third-order valence-electron chi connectivity index (χ3n) is 5.26. The second-order valence-electron chi connectivity index (χ2n) is 6.54. The summed E-state index contributed by atoms with van der Waals surface area (Å²) >= 11 is 0. The molecule has 2 N–H and O–H groups in total. The summed E-state index contributed by atoms with van der Waals surface area (Å²) < 4.78 is 0. The number of hydrogen-bond donors (Lipinski definition) is 1. The molecule has 3 rings (SSSR count). The molecule has 2 heterocycles. The highest BCUT2D eigenvalue weighted by atomic mass is 16.2. The molecule has 3 fully saturated rings. The van der Waals surface area contributed by atoms with E-state index in [0.29, 0.717) is 6.67 Å². The first-order valence-electron chi connectivity index (χ1n) is 7.95. The van der Waals surface area contributed by atoms with Crippen LogP contribution >= 0.6 is 0 Å². The Morgan fingerprint density at radius 1 is 1.00 bits per heavy atom. The van der Waals surface area contributed by atoms with E-state index in [1.54, 1.807) is 0 Å². The van der Waals surface area contributed by atoms with Crippen molar-refractivity contribution < 1.29 is 14.4 Å². The van der Waals surface area contributed by atoms with E-state index < -0.39 is 0 Å². The molecule has 0 aromatic rings. The quantitative estimate of drug-likeness (QED) is 0.759. The van der Waals surface area contributed by atoms with Gasteiger partial charge in [-0.2, -0.15) is 0 Å². The molecule has 0 bridgehead atoms. The molecule has 2 atom stereocenters. The average molecular weight is 293 g/mol. The molecule has 0 aromatic carbocycles. The Bertz CT molecular complexity index is 433. The molecule has 2 saturated heterocycles. The lowest BCUT2D eigenvalue weighted by Gasteiger charge is -2.32. The smallest absolute Gasteiger partial charge is 0.234 e.